The zero-order valence-electron chi connectivity index (χ0n) is 11.1. The van der Waals surface area contributed by atoms with Crippen LogP contribution < -0.4 is 5.11 Å². The van der Waals surface area contributed by atoms with Crippen molar-refractivity contribution in [1.29, 1.82) is 0 Å². The summed E-state index contributed by atoms with van der Waals surface area (Å²) in [5, 5.41) is 17.3. The molecule has 5 nitrogen and oxygen atoms in total. The molecule has 0 aromatic carbocycles. The van der Waals surface area contributed by atoms with Gasteiger partial charge >= 0.3 is 6.18 Å². The predicted octanol–water partition coefficient (Wildman–Crippen LogP) is 2.17. The van der Waals surface area contributed by atoms with Crippen LogP contribution in [0.4, 0.5) is 13.2 Å². The maximum absolute atomic E-state index is 12.5. The van der Waals surface area contributed by atoms with Crippen LogP contribution in [-0.4, -0.2) is 22.8 Å². The minimum absolute atomic E-state index is 0.100. The number of amidine groups is 1. The van der Waals surface area contributed by atoms with Gasteiger partial charge < -0.3 is 5.11 Å². The van der Waals surface area contributed by atoms with E-state index in [-0.39, 0.29) is 11.1 Å². The molecule has 0 N–H and O–H groups in total. The number of alkyl halides is 3. The van der Waals surface area contributed by atoms with Gasteiger partial charge in [0.1, 0.15) is 5.69 Å². The molecule has 1 atom stereocenters. The summed E-state index contributed by atoms with van der Waals surface area (Å²) in [5.41, 5.74) is 0.728. The zero-order valence-corrected chi connectivity index (χ0v) is 11.1. The average molecular weight is 285 g/mol. The number of hydrogen-bond acceptors (Lipinski definition) is 5. The Bertz CT molecular complexity index is 589. The Labute approximate surface area is 113 Å². The molecule has 1 aromatic rings. The van der Waals surface area contributed by atoms with Crippen molar-refractivity contribution in [3.05, 3.63) is 29.6 Å². The van der Waals surface area contributed by atoms with Crippen LogP contribution in [0.5, 0.6) is 0 Å². The predicted molar refractivity (Wildman–Crippen MR) is 63.1 cm³/mol. The van der Waals surface area contributed by atoms with E-state index in [0.717, 1.165) is 5.56 Å². The summed E-state index contributed by atoms with van der Waals surface area (Å²) < 4.78 is 37.5. The molecule has 0 saturated heterocycles. The van der Waals surface area contributed by atoms with E-state index in [1.807, 2.05) is 20.8 Å². The Hall–Kier alpha value is -1.83. The van der Waals surface area contributed by atoms with Gasteiger partial charge in [0, 0.05) is 6.20 Å². The minimum atomic E-state index is -5.13. The first-order valence-electron chi connectivity index (χ1n) is 5.80. The summed E-state index contributed by atoms with van der Waals surface area (Å²) in [4.78, 5) is 6.92. The van der Waals surface area contributed by atoms with Crippen molar-refractivity contribution < 1.29 is 18.3 Å². The van der Waals surface area contributed by atoms with E-state index in [4.69, 9.17) is 0 Å². The van der Waals surface area contributed by atoms with Gasteiger partial charge in [-0.05, 0) is 23.1 Å². The van der Waals surface area contributed by atoms with E-state index >= 15 is 0 Å². The first-order valence-corrected chi connectivity index (χ1v) is 5.80. The van der Waals surface area contributed by atoms with Gasteiger partial charge in [-0.2, -0.15) is 18.3 Å². The Morgan fingerprint density at radius 2 is 1.85 bits per heavy atom. The van der Waals surface area contributed by atoms with Crippen LogP contribution in [0.3, 0.4) is 0 Å². The molecule has 2 rings (SSSR count). The van der Waals surface area contributed by atoms with E-state index in [2.05, 4.69) is 20.2 Å². The highest BCUT2D eigenvalue weighted by Gasteiger charge is 2.49. The second-order valence-corrected chi connectivity index (χ2v) is 5.42. The third-order valence-electron chi connectivity index (χ3n) is 2.76. The SMILES string of the molecule is CC(C)(C)c1ccnc(C2=NC([O-])(C(F)(F)F)N=N2)c1. The van der Waals surface area contributed by atoms with E-state index in [1.54, 1.807) is 12.1 Å². The normalized spacial score (nSPS) is 23.1. The molecule has 0 amide bonds. The van der Waals surface area contributed by atoms with Crippen LogP contribution in [0.25, 0.3) is 0 Å². The largest absolute Gasteiger partial charge is 0.806 e. The van der Waals surface area contributed by atoms with Crippen LogP contribution in [0.15, 0.2) is 33.6 Å². The van der Waals surface area contributed by atoms with E-state index < -0.39 is 17.9 Å². The van der Waals surface area contributed by atoms with Crippen molar-refractivity contribution in [3.63, 3.8) is 0 Å². The fourth-order valence-electron chi connectivity index (χ4n) is 1.55. The number of nitrogens with zero attached hydrogens (tertiary/aromatic N) is 4. The molecule has 20 heavy (non-hydrogen) atoms. The van der Waals surface area contributed by atoms with Crippen LogP contribution in [0.2, 0.25) is 0 Å². The van der Waals surface area contributed by atoms with E-state index in [1.165, 1.54) is 6.20 Å². The van der Waals surface area contributed by atoms with Crippen molar-refractivity contribution in [3.8, 4) is 0 Å². The highest BCUT2D eigenvalue weighted by Crippen LogP contribution is 2.34. The van der Waals surface area contributed by atoms with Crippen LogP contribution >= 0.6 is 0 Å². The number of aromatic nitrogens is 1. The molecule has 8 heteroatoms. The fourth-order valence-corrected chi connectivity index (χ4v) is 1.55. The Balaban J connectivity index is 2.41. The summed E-state index contributed by atoms with van der Waals surface area (Å²) in [6.07, 6.45) is -3.69. The maximum atomic E-state index is 12.5. The lowest BCUT2D eigenvalue weighted by molar-refractivity contribution is -0.534. The molecule has 0 aliphatic carbocycles. The van der Waals surface area contributed by atoms with E-state index in [9.17, 15) is 18.3 Å². The van der Waals surface area contributed by atoms with Gasteiger partial charge in [-0.1, -0.05) is 20.8 Å². The third-order valence-corrected chi connectivity index (χ3v) is 2.76. The van der Waals surface area contributed by atoms with Crippen molar-refractivity contribution in [1.82, 2.24) is 4.98 Å². The molecular formula is C12H12F3N4O-. The smallest absolute Gasteiger partial charge is 0.420 e. The molecule has 1 aromatic heterocycles. The fraction of sp³-hybridized carbons (Fsp3) is 0.500. The topological polar surface area (TPSA) is 73.0 Å². The van der Waals surface area contributed by atoms with Gasteiger partial charge in [0.05, 0.1) is 0 Å². The van der Waals surface area contributed by atoms with Crippen LogP contribution in [-0.2, 0) is 5.41 Å². The van der Waals surface area contributed by atoms with Gasteiger partial charge in [-0.3, -0.25) is 4.98 Å². The van der Waals surface area contributed by atoms with Gasteiger partial charge in [0.25, 0.3) is 0 Å². The lowest BCUT2D eigenvalue weighted by Crippen LogP contribution is -2.52. The maximum Gasteiger partial charge on any atom is 0.420 e. The minimum Gasteiger partial charge on any atom is -0.806 e. The molecule has 1 aliphatic rings. The second-order valence-electron chi connectivity index (χ2n) is 5.42. The molecule has 0 radical (unpaired) electrons. The highest BCUT2D eigenvalue weighted by atomic mass is 19.4. The molecule has 108 valence electrons. The monoisotopic (exact) mass is 285 g/mol. The summed E-state index contributed by atoms with van der Waals surface area (Å²) in [6.45, 7) is 5.83. The third kappa shape index (κ3) is 2.55. The molecular weight excluding hydrogens is 273 g/mol. The van der Waals surface area contributed by atoms with Crippen molar-refractivity contribution in [2.45, 2.75) is 38.2 Å². The number of hydrogen-bond donors (Lipinski definition) is 0. The molecule has 0 saturated carbocycles. The Kier molecular flexibility index (Phi) is 3.16. The summed E-state index contributed by atoms with van der Waals surface area (Å²) in [6, 6.07) is 3.30. The summed E-state index contributed by atoms with van der Waals surface area (Å²) in [7, 11) is 0. The Morgan fingerprint density at radius 3 is 2.35 bits per heavy atom. The van der Waals surface area contributed by atoms with Gasteiger partial charge in [-0.25, -0.2) is 4.99 Å². The summed E-state index contributed by atoms with van der Waals surface area (Å²) >= 11 is 0. The standard InChI is InChI=1S/C12H12F3N4O/c1-10(2,3)7-4-5-16-8(6-7)9-17-12(20,19-18-9)11(13,14)15/h4-6H,1-3H3/q-1. The molecule has 0 fully saturated rings. The van der Waals surface area contributed by atoms with Gasteiger partial charge in [0.2, 0.25) is 5.85 Å². The van der Waals surface area contributed by atoms with Crippen molar-refractivity contribution >= 4 is 5.84 Å². The number of pyridine rings is 1. The number of azo groups is 1. The van der Waals surface area contributed by atoms with Gasteiger partial charge in [0.15, 0.2) is 5.84 Å². The summed E-state index contributed by atoms with van der Waals surface area (Å²) in [5.74, 6) is -4.16. The van der Waals surface area contributed by atoms with E-state index in [0.29, 0.717) is 0 Å². The van der Waals surface area contributed by atoms with Gasteiger partial charge in [-0.15, -0.1) is 5.11 Å². The van der Waals surface area contributed by atoms with Crippen LogP contribution in [0, 0.1) is 0 Å². The van der Waals surface area contributed by atoms with Crippen LogP contribution in [0.1, 0.15) is 32.0 Å². The lowest BCUT2D eigenvalue weighted by Gasteiger charge is -2.29. The average Bonchev–Trinajstić information content (AvgIpc) is 2.72. The zero-order chi connectivity index (χ0) is 15.2. The number of halogens is 3. The quantitative estimate of drug-likeness (QED) is 0.793. The number of rotatable bonds is 1. The molecule has 2 heterocycles. The van der Waals surface area contributed by atoms with Crippen molar-refractivity contribution in [2.24, 2.45) is 15.2 Å². The molecule has 0 bridgehead atoms. The van der Waals surface area contributed by atoms with Crippen molar-refractivity contribution in [2.75, 3.05) is 0 Å². The lowest BCUT2D eigenvalue weighted by atomic mass is 9.87. The molecule has 1 aliphatic heterocycles. The Morgan fingerprint density at radius 1 is 1.20 bits per heavy atom. The highest BCUT2D eigenvalue weighted by molar-refractivity contribution is 5.98. The molecule has 1 unspecified atom stereocenters. The first kappa shape index (κ1) is 14.6. The second kappa shape index (κ2) is 4.34. The first-order chi connectivity index (χ1) is 9.03. The number of aliphatic imine (C=N–C) groups is 1. The molecule has 0 spiro atoms.